The molecule has 0 N–H and O–H groups in total. The van der Waals surface area contributed by atoms with Crippen molar-refractivity contribution >= 4 is 20.2 Å². The zero-order valence-corrected chi connectivity index (χ0v) is 13.5. The Balaban J connectivity index is 3.26. The third-order valence-electron chi connectivity index (χ3n) is 4.59. The van der Waals surface area contributed by atoms with Crippen LogP contribution < -0.4 is 0 Å². The molecule has 0 aromatic rings. The van der Waals surface area contributed by atoms with E-state index in [0.29, 0.717) is 6.54 Å². The van der Waals surface area contributed by atoms with Crippen LogP contribution in [0, 0.1) is 0 Å². The van der Waals surface area contributed by atoms with Gasteiger partial charge in [0, 0.05) is 6.54 Å². The number of amides is 3. The molecule has 0 radical (unpaired) electrons. The summed E-state index contributed by atoms with van der Waals surface area (Å²) in [5, 5.41) is 0. The van der Waals surface area contributed by atoms with E-state index >= 15 is 0 Å². The lowest BCUT2D eigenvalue weighted by atomic mass is 10.1. The van der Waals surface area contributed by atoms with Crippen LogP contribution in [0.4, 0.5) is 4.79 Å². The van der Waals surface area contributed by atoms with Gasteiger partial charge in [-0.25, -0.2) is 4.79 Å². The molecule has 0 saturated carbocycles. The summed E-state index contributed by atoms with van der Waals surface area (Å²) in [6.45, 7) is 12.6. The Morgan fingerprint density at radius 2 is 1.44 bits per heavy atom. The van der Waals surface area contributed by atoms with E-state index in [1.165, 1.54) is 0 Å². The summed E-state index contributed by atoms with van der Waals surface area (Å²) < 4.78 is 1.66. The van der Waals surface area contributed by atoms with E-state index in [2.05, 4.69) is 20.8 Å². The number of urea groups is 1. The van der Waals surface area contributed by atoms with Gasteiger partial charge in [-0.2, -0.15) is 0 Å². The van der Waals surface area contributed by atoms with Crippen molar-refractivity contribution in [1.29, 1.82) is 0 Å². The fraction of sp³-hybridized carbons (Fsp3) is 0.846. The number of rotatable bonds is 5. The zero-order valence-electron chi connectivity index (χ0n) is 12.5. The van der Waals surface area contributed by atoms with Crippen molar-refractivity contribution in [2.24, 2.45) is 0 Å². The van der Waals surface area contributed by atoms with Gasteiger partial charge in [0.05, 0.1) is 0 Å². The second kappa shape index (κ2) is 5.03. The first kappa shape index (κ1) is 15.2. The molecular formula is C13H26N2O2Si. The van der Waals surface area contributed by atoms with Gasteiger partial charge in [-0.3, -0.25) is 9.36 Å². The normalized spacial score (nSPS) is 19.9. The average Bonchev–Trinajstić information content (AvgIpc) is 2.51. The van der Waals surface area contributed by atoms with Crippen LogP contribution in [0.15, 0.2) is 0 Å². The Labute approximate surface area is 111 Å². The van der Waals surface area contributed by atoms with E-state index in [9.17, 15) is 9.59 Å². The standard InChI is InChI=1S/C13H26N2O2Si/c1-7-14-12(17)15(11(16)13(14,5)6)18(8-2,9-3)10-4/h7-10H2,1-6H3. The van der Waals surface area contributed by atoms with Crippen LogP contribution in [0.2, 0.25) is 18.1 Å². The van der Waals surface area contributed by atoms with Gasteiger partial charge in [-0.15, -0.1) is 0 Å². The van der Waals surface area contributed by atoms with Crippen molar-refractivity contribution < 1.29 is 9.59 Å². The van der Waals surface area contributed by atoms with Crippen LogP contribution in [-0.2, 0) is 4.79 Å². The van der Waals surface area contributed by atoms with Crippen molar-refractivity contribution in [3.05, 3.63) is 0 Å². The second-order valence-corrected chi connectivity index (χ2v) is 10.5. The molecule has 0 bridgehead atoms. The minimum Gasteiger partial charge on any atom is -0.311 e. The highest BCUT2D eigenvalue weighted by Crippen LogP contribution is 2.35. The topological polar surface area (TPSA) is 40.6 Å². The van der Waals surface area contributed by atoms with Crippen molar-refractivity contribution in [3.8, 4) is 0 Å². The minimum atomic E-state index is -1.96. The molecule has 3 amide bonds. The molecule has 0 spiro atoms. The summed E-state index contributed by atoms with van der Waals surface area (Å²) >= 11 is 0. The summed E-state index contributed by atoms with van der Waals surface area (Å²) in [7, 11) is -1.96. The summed E-state index contributed by atoms with van der Waals surface area (Å²) in [4.78, 5) is 26.9. The van der Waals surface area contributed by atoms with Crippen molar-refractivity contribution in [2.45, 2.75) is 65.2 Å². The van der Waals surface area contributed by atoms with Crippen LogP contribution >= 0.6 is 0 Å². The molecular weight excluding hydrogens is 244 g/mol. The Kier molecular flexibility index (Phi) is 4.25. The predicted octanol–water partition coefficient (Wildman–Crippen LogP) is 3.05. The van der Waals surface area contributed by atoms with E-state index in [-0.39, 0.29) is 11.9 Å². The highest BCUT2D eigenvalue weighted by atomic mass is 28.3. The lowest BCUT2D eigenvalue weighted by Crippen LogP contribution is -2.56. The van der Waals surface area contributed by atoms with Crippen molar-refractivity contribution in [1.82, 2.24) is 9.47 Å². The smallest absolute Gasteiger partial charge is 0.311 e. The van der Waals surface area contributed by atoms with E-state index in [1.807, 2.05) is 20.8 Å². The number of imide groups is 1. The Morgan fingerprint density at radius 3 is 1.72 bits per heavy atom. The third-order valence-corrected chi connectivity index (χ3v) is 9.88. The predicted molar refractivity (Wildman–Crippen MR) is 75.9 cm³/mol. The SMILES string of the molecule is CCN1C(=O)N([Si](CC)(CC)CC)C(=O)C1(C)C. The highest BCUT2D eigenvalue weighted by Gasteiger charge is 2.56. The quantitative estimate of drug-likeness (QED) is 0.569. The molecule has 104 valence electrons. The van der Waals surface area contributed by atoms with Crippen LogP contribution in [-0.4, -0.2) is 41.7 Å². The Morgan fingerprint density at radius 1 is 1.00 bits per heavy atom. The molecule has 0 aliphatic carbocycles. The summed E-state index contributed by atoms with van der Waals surface area (Å²) in [5.74, 6) is 0.00608. The number of hydrogen-bond acceptors (Lipinski definition) is 2. The molecule has 4 nitrogen and oxygen atoms in total. The molecule has 1 aliphatic rings. The maximum absolute atomic E-state index is 12.6. The number of nitrogens with zero attached hydrogens (tertiary/aromatic N) is 2. The number of carbonyl (C=O) groups excluding carboxylic acids is 2. The summed E-state index contributed by atoms with van der Waals surface area (Å²) in [6.07, 6.45) is 0. The molecule has 0 unspecified atom stereocenters. The summed E-state index contributed by atoms with van der Waals surface area (Å²) in [6, 6.07) is 2.78. The lowest BCUT2D eigenvalue weighted by molar-refractivity contribution is -0.129. The highest BCUT2D eigenvalue weighted by molar-refractivity contribution is 6.81. The molecule has 0 atom stereocenters. The monoisotopic (exact) mass is 270 g/mol. The molecule has 0 aromatic heterocycles. The van der Waals surface area contributed by atoms with Gasteiger partial charge < -0.3 is 4.90 Å². The molecule has 1 fully saturated rings. The Bertz CT molecular complexity index is 343. The van der Waals surface area contributed by atoms with Crippen LogP contribution in [0.5, 0.6) is 0 Å². The molecule has 0 aromatic carbocycles. The maximum atomic E-state index is 12.6. The largest absolute Gasteiger partial charge is 0.319 e. The van der Waals surface area contributed by atoms with Gasteiger partial charge in [0.15, 0.2) is 8.24 Å². The van der Waals surface area contributed by atoms with Gasteiger partial charge in [-0.1, -0.05) is 20.8 Å². The fourth-order valence-corrected chi connectivity index (χ4v) is 6.69. The first-order valence-electron chi connectivity index (χ1n) is 6.98. The molecule has 18 heavy (non-hydrogen) atoms. The zero-order chi connectivity index (χ0) is 14.1. The number of likely N-dealkylation sites (N-methyl/N-ethyl adjacent to an activating group) is 1. The van der Waals surface area contributed by atoms with Gasteiger partial charge in [0.2, 0.25) is 5.91 Å². The molecule has 5 heteroatoms. The molecule has 1 heterocycles. The number of carbonyl (C=O) groups is 2. The first-order chi connectivity index (χ1) is 8.32. The fourth-order valence-electron chi connectivity index (χ4n) is 3.01. The number of hydrogen-bond donors (Lipinski definition) is 0. The maximum Gasteiger partial charge on any atom is 0.319 e. The van der Waals surface area contributed by atoms with Gasteiger partial charge >= 0.3 is 6.03 Å². The van der Waals surface area contributed by atoms with Crippen LogP contribution in [0.3, 0.4) is 0 Å². The van der Waals surface area contributed by atoms with Crippen LogP contribution in [0.1, 0.15) is 41.5 Å². The minimum absolute atomic E-state index is 0.00608. The molecule has 1 rings (SSSR count). The third kappa shape index (κ3) is 1.88. The van der Waals surface area contributed by atoms with E-state index < -0.39 is 13.8 Å². The van der Waals surface area contributed by atoms with Gasteiger partial charge in [-0.05, 0) is 38.9 Å². The van der Waals surface area contributed by atoms with Crippen molar-refractivity contribution in [3.63, 3.8) is 0 Å². The van der Waals surface area contributed by atoms with E-state index in [4.69, 9.17) is 0 Å². The van der Waals surface area contributed by atoms with Crippen LogP contribution in [0.25, 0.3) is 0 Å². The lowest BCUT2D eigenvalue weighted by Gasteiger charge is -2.36. The average molecular weight is 270 g/mol. The second-order valence-electron chi connectivity index (χ2n) is 5.51. The van der Waals surface area contributed by atoms with Gasteiger partial charge in [0.25, 0.3) is 0 Å². The van der Waals surface area contributed by atoms with Crippen molar-refractivity contribution in [2.75, 3.05) is 6.54 Å². The van der Waals surface area contributed by atoms with E-state index in [1.54, 1.807) is 9.47 Å². The molecule has 1 aliphatic heterocycles. The van der Waals surface area contributed by atoms with Gasteiger partial charge in [0.1, 0.15) is 5.54 Å². The summed E-state index contributed by atoms with van der Waals surface area (Å²) in [5.41, 5.74) is -0.677. The molecule has 1 saturated heterocycles. The van der Waals surface area contributed by atoms with E-state index in [0.717, 1.165) is 18.1 Å². The Hall–Kier alpha value is -0.843. The first-order valence-corrected chi connectivity index (χ1v) is 9.55.